The minimum Gasteiger partial charge on any atom is -0.305 e. The zero-order valence-electron chi connectivity index (χ0n) is 13.4. The lowest BCUT2D eigenvalue weighted by Gasteiger charge is -2.07. The van der Waals surface area contributed by atoms with Crippen LogP contribution in [0.25, 0.3) is 16.9 Å². The molecule has 0 aliphatic rings. The maximum Gasteiger partial charge on any atom is 0.266 e. The minimum atomic E-state index is -0.197. The molecule has 25 heavy (non-hydrogen) atoms. The van der Waals surface area contributed by atoms with Crippen molar-refractivity contribution in [3.63, 3.8) is 0 Å². The average molecular weight is 368 g/mol. The molecule has 1 amide bonds. The highest BCUT2D eigenvalue weighted by molar-refractivity contribution is 7.18. The lowest BCUT2D eigenvalue weighted by atomic mass is 10.1. The van der Waals surface area contributed by atoms with Gasteiger partial charge in [0, 0.05) is 11.8 Å². The normalized spacial score (nSPS) is 11.0. The molecule has 0 fully saturated rings. The van der Waals surface area contributed by atoms with Crippen molar-refractivity contribution < 1.29 is 4.79 Å². The second kappa shape index (κ2) is 6.35. The molecular weight excluding hydrogens is 354 g/mol. The Labute approximate surface area is 153 Å². The summed E-state index contributed by atoms with van der Waals surface area (Å²) in [6.45, 7) is 2.00. The largest absolute Gasteiger partial charge is 0.305 e. The molecule has 124 valence electrons. The van der Waals surface area contributed by atoms with Crippen LogP contribution in [0, 0.1) is 6.92 Å². The summed E-state index contributed by atoms with van der Waals surface area (Å²) in [5.74, 6) is 0.455. The molecule has 0 unspecified atom stereocenters. The van der Waals surface area contributed by atoms with Crippen molar-refractivity contribution in [3.05, 3.63) is 75.6 Å². The molecule has 4 nitrogen and oxygen atoms in total. The smallest absolute Gasteiger partial charge is 0.266 e. The molecule has 0 radical (unpaired) electrons. The zero-order chi connectivity index (χ0) is 17.4. The van der Waals surface area contributed by atoms with Gasteiger partial charge in [0.1, 0.15) is 17.2 Å². The number of amides is 1. The maximum absolute atomic E-state index is 12.6. The molecule has 0 aliphatic carbocycles. The van der Waals surface area contributed by atoms with Gasteiger partial charge in [0.2, 0.25) is 0 Å². The lowest BCUT2D eigenvalue weighted by Crippen LogP contribution is -2.12. The molecule has 0 saturated carbocycles. The Morgan fingerprint density at radius 1 is 1.12 bits per heavy atom. The monoisotopic (exact) mass is 367 g/mol. The van der Waals surface area contributed by atoms with Gasteiger partial charge in [-0.05, 0) is 30.7 Å². The summed E-state index contributed by atoms with van der Waals surface area (Å²) < 4.78 is 2.49. The highest BCUT2D eigenvalue weighted by Gasteiger charge is 2.18. The fourth-order valence-electron chi connectivity index (χ4n) is 2.73. The molecule has 0 aliphatic heterocycles. The first-order valence-electron chi connectivity index (χ1n) is 7.73. The third kappa shape index (κ3) is 2.92. The van der Waals surface area contributed by atoms with Crippen LogP contribution in [0.15, 0.2) is 60.8 Å². The van der Waals surface area contributed by atoms with Crippen molar-refractivity contribution in [1.82, 2.24) is 9.38 Å². The van der Waals surface area contributed by atoms with Crippen LogP contribution in [0.2, 0.25) is 4.34 Å². The van der Waals surface area contributed by atoms with Gasteiger partial charge < -0.3 is 5.32 Å². The number of hydrogen-bond acceptors (Lipinski definition) is 3. The third-order valence-corrected chi connectivity index (χ3v) is 5.15. The van der Waals surface area contributed by atoms with Crippen LogP contribution in [-0.2, 0) is 0 Å². The van der Waals surface area contributed by atoms with Gasteiger partial charge in [-0.1, -0.05) is 48.0 Å². The van der Waals surface area contributed by atoms with Crippen molar-refractivity contribution >= 4 is 40.3 Å². The number of benzene rings is 1. The summed E-state index contributed by atoms with van der Waals surface area (Å²) in [7, 11) is 0. The fraction of sp³-hybridized carbons (Fsp3) is 0.0526. The number of imidazole rings is 1. The second-order valence-corrected chi connectivity index (χ2v) is 7.33. The molecule has 6 heteroatoms. The molecule has 0 bridgehead atoms. The van der Waals surface area contributed by atoms with Gasteiger partial charge in [0.15, 0.2) is 0 Å². The van der Waals surface area contributed by atoms with Crippen LogP contribution in [0.5, 0.6) is 0 Å². The Kier molecular flexibility index (Phi) is 4.03. The Morgan fingerprint density at radius 3 is 2.64 bits per heavy atom. The first kappa shape index (κ1) is 15.9. The van der Waals surface area contributed by atoms with Crippen molar-refractivity contribution in [2.45, 2.75) is 6.92 Å². The summed E-state index contributed by atoms with van der Waals surface area (Å²) in [6, 6.07) is 17.2. The van der Waals surface area contributed by atoms with Crippen molar-refractivity contribution in [3.8, 4) is 11.3 Å². The summed E-state index contributed by atoms with van der Waals surface area (Å²) in [4.78, 5) is 18.0. The molecule has 1 aromatic carbocycles. The van der Waals surface area contributed by atoms with Gasteiger partial charge >= 0.3 is 0 Å². The fourth-order valence-corrected chi connectivity index (χ4v) is 3.66. The van der Waals surface area contributed by atoms with E-state index >= 15 is 0 Å². The number of pyridine rings is 1. The Bertz CT molecular complexity index is 1070. The van der Waals surface area contributed by atoms with E-state index in [2.05, 4.69) is 5.32 Å². The number of aryl methyl sites for hydroxylation is 1. The number of rotatable bonds is 3. The van der Waals surface area contributed by atoms with Crippen molar-refractivity contribution in [1.29, 1.82) is 0 Å². The van der Waals surface area contributed by atoms with Gasteiger partial charge in [0.25, 0.3) is 5.91 Å². The Morgan fingerprint density at radius 2 is 1.92 bits per heavy atom. The van der Waals surface area contributed by atoms with Gasteiger partial charge in [-0.3, -0.25) is 9.20 Å². The van der Waals surface area contributed by atoms with Gasteiger partial charge in [-0.15, -0.1) is 11.3 Å². The Balaban J connectivity index is 1.86. The number of hydrogen-bond donors (Lipinski definition) is 1. The standard InChI is InChI=1S/C19H14ClN3OS/c1-12-6-5-11-23-17(12)21-16(13-7-3-2-4-8-13)18(23)22-19(24)14-9-10-15(20)25-14/h2-11H,1H3,(H,22,24). The summed E-state index contributed by atoms with van der Waals surface area (Å²) in [5.41, 5.74) is 3.55. The summed E-state index contributed by atoms with van der Waals surface area (Å²) in [5, 5.41) is 3.00. The molecule has 0 atom stereocenters. The molecule has 4 rings (SSSR count). The SMILES string of the molecule is Cc1cccn2c(NC(=O)c3ccc(Cl)s3)c(-c3ccccc3)nc12. The van der Waals surface area contributed by atoms with E-state index in [0.29, 0.717) is 15.0 Å². The zero-order valence-corrected chi connectivity index (χ0v) is 14.9. The number of anilines is 1. The summed E-state index contributed by atoms with van der Waals surface area (Å²) >= 11 is 7.20. The van der Waals surface area contributed by atoms with E-state index in [4.69, 9.17) is 16.6 Å². The molecule has 0 saturated heterocycles. The minimum absolute atomic E-state index is 0.197. The number of halogens is 1. The molecule has 1 N–H and O–H groups in total. The number of carbonyl (C=O) groups excluding carboxylic acids is 1. The number of aromatic nitrogens is 2. The predicted molar refractivity (Wildman–Crippen MR) is 103 cm³/mol. The molecule has 0 spiro atoms. The van der Waals surface area contributed by atoms with E-state index in [1.807, 2.05) is 60.0 Å². The first-order chi connectivity index (χ1) is 12.1. The van der Waals surface area contributed by atoms with Crippen LogP contribution in [0.4, 0.5) is 5.82 Å². The van der Waals surface area contributed by atoms with Crippen molar-refractivity contribution in [2.75, 3.05) is 5.32 Å². The quantitative estimate of drug-likeness (QED) is 0.535. The molecule has 3 heterocycles. The van der Waals surface area contributed by atoms with Crippen LogP contribution in [-0.4, -0.2) is 15.3 Å². The van der Waals surface area contributed by atoms with E-state index in [1.54, 1.807) is 12.1 Å². The highest BCUT2D eigenvalue weighted by atomic mass is 35.5. The number of nitrogens with one attached hydrogen (secondary N) is 1. The van der Waals surface area contributed by atoms with Crippen LogP contribution in [0.3, 0.4) is 0 Å². The second-order valence-electron chi connectivity index (χ2n) is 5.62. The van der Waals surface area contributed by atoms with Crippen LogP contribution in [0.1, 0.15) is 15.2 Å². The Hall–Kier alpha value is -2.63. The number of carbonyl (C=O) groups is 1. The van der Waals surface area contributed by atoms with E-state index in [1.165, 1.54) is 11.3 Å². The van der Waals surface area contributed by atoms with Crippen molar-refractivity contribution in [2.24, 2.45) is 0 Å². The van der Waals surface area contributed by atoms with E-state index in [0.717, 1.165) is 22.5 Å². The third-order valence-electron chi connectivity index (χ3n) is 3.92. The first-order valence-corrected chi connectivity index (χ1v) is 8.93. The lowest BCUT2D eigenvalue weighted by molar-refractivity contribution is 0.103. The number of fused-ring (bicyclic) bond motifs is 1. The van der Waals surface area contributed by atoms with E-state index in [9.17, 15) is 4.79 Å². The van der Waals surface area contributed by atoms with Gasteiger partial charge in [-0.25, -0.2) is 4.98 Å². The van der Waals surface area contributed by atoms with Gasteiger partial charge in [0.05, 0.1) is 9.21 Å². The molecule has 4 aromatic rings. The predicted octanol–water partition coefficient (Wildman–Crippen LogP) is 5.28. The molecular formula is C19H14ClN3OS. The van der Waals surface area contributed by atoms with Crippen LogP contribution < -0.4 is 5.32 Å². The maximum atomic E-state index is 12.6. The molecule has 3 aromatic heterocycles. The number of nitrogens with zero attached hydrogens (tertiary/aromatic N) is 2. The average Bonchev–Trinajstić information content (AvgIpc) is 3.21. The van der Waals surface area contributed by atoms with Crippen LogP contribution >= 0.6 is 22.9 Å². The van der Waals surface area contributed by atoms with E-state index in [-0.39, 0.29) is 5.91 Å². The highest BCUT2D eigenvalue weighted by Crippen LogP contribution is 2.31. The van der Waals surface area contributed by atoms with Gasteiger partial charge in [-0.2, -0.15) is 0 Å². The summed E-state index contributed by atoms with van der Waals surface area (Å²) in [6.07, 6.45) is 1.90. The topological polar surface area (TPSA) is 46.4 Å². The van der Waals surface area contributed by atoms with E-state index < -0.39 is 0 Å². The number of thiophene rings is 1.